The molecular weight excluding hydrogens is 338 g/mol. The van der Waals surface area contributed by atoms with E-state index in [1.807, 2.05) is 0 Å². The van der Waals surface area contributed by atoms with Gasteiger partial charge in [-0.25, -0.2) is 12.7 Å². The van der Waals surface area contributed by atoms with Crippen molar-refractivity contribution in [3.63, 3.8) is 0 Å². The number of aromatic nitrogens is 2. The highest BCUT2D eigenvalue weighted by Crippen LogP contribution is 2.50. The number of aromatic amines is 1. The molecule has 1 aromatic heterocycles. The Morgan fingerprint density at radius 3 is 2.61 bits per heavy atom. The van der Waals surface area contributed by atoms with Gasteiger partial charge in [0.15, 0.2) is 0 Å². The Kier molecular flexibility index (Phi) is 3.29. The largest absolute Gasteiger partial charge is 0.385 e. The van der Waals surface area contributed by atoms with Gasteiger partial charge in [-0.1, -0.05) is 11.6 Å². The Balaban J connectivity index is 1.68. The summed E-state index contributed by atoms with van der Waals surface area (Å²) in [6.45, 7) is 0.974. The Hall–Kier alpha value is -1.15. The first-order chi connectivity index (χ1) is 10.8. The van der Waals surface area contributed by atoms with E-state index >= 15 is 0 Å². The molecule has 1 saturated carbocycles. The van der Waals surface area contributed by atoms with Crippen LogP contribution < -0.4 is 0 Å². The molecule has 3 atom stereocenters. The summed E-state index contributed by atoms with van der Waals surface area (Å²) in [6.07, 6.45) is 4.04. The molecule has 23 heavy (non-hydrogen) atoms. The monoisotopic (exact) mass is 355 g/mol. The first-order valence-electron chi connectivity index (χ1n) is 7.57. The third kappa shape index (κ3) is 2.46. The summed E-state index contributed by atoms with van der Waals surface area (Å²) in [5.74, 6) is 0.353. The molecule has 0 bridgehead atoms. The second-order valence-electron chi connectivity index (χ2n) is 6.82. The average Bonchev–Trinajstić information content (AvgIpc) is 3.09. The Morgan fingerprint density at radius 1 is 1.35 bits per heavy atom. The Labute approximate surface area is 139 Å². The van der Waals surface area contributed by atoms with Gasteiger partial charge in [-0.3, -0.25) is 5.10 Å². The van der Waals surface area contributed by atoms with E-state index in [1.165, 1.54) is 10.6 Å². The molecule has 124 valence electrons. The number of aliphatic hydroxyl groups is 1. The lowest BCUT2D eigenvalue weighted by atomic mass is 9.88. The van der Waals surface area contributed by atoms with E-state index in [9.17, 15) is 13.5 Å². The van der Waals surface area contributed by atoms with Crippen molar-refractivity contribution < 1.29 is 13.5 Å². The van der Waals surface area contributed by atoms with Gasteiger partial charge in [-0.05, 0) is 42.4 Å². The van der Waals surface area contributed by atoms with Crippen molar-refractivity contribution in [2.75, 3.05) is 19.3 Å². The topological polar surface area (TPSA) is 86.3 Å². The Morgan fingerprint density at radius 2 is 2.00 bits per heavy atom. The van der Waals surface area contributed by atoms with Crippen LogP contribution in [0.1, 0.15) is 18.4 Å². The summed E-state index contributed by atoms with van der Waals surface area (Å²) in [7, 11) is -3.16. The van der Waals surface area contributed by atoms with Crippen molar-refractivity contribution in [3.05, 3.63) is 28.9 Å². The van der Waals surface area contributed by atoms with Crippen LogP contribution in [0.5, 0.6) is 0 Å². The molecule has 1 saturated heterocycles. The van der Waals surface area contributed by atoms with E-state index in [4.69, 9.17) is 11.6 Å². The minimum atomic E-state index is -3.16. The highest BCUT2D eigenvalue weighted by Gasteiger charge is 2.51. The van der Waals surface area contributed by atoms with E-state index in [2.05, 4.69) is 10.2 Å². The first-order valence-corrected chi connectivity index (χ1v) is 9.79. The van der Waals surface area contributed by atoms with Crippen LogP contribution in [0.2, 0.25) is 5.02 Å². The molecule has 0 unspecified atom stereocenters. The SMILES string of the molecule is CS(=O)(=O)N1C[C@@H]2C[C@](O)(c3cc(Cl)cc4[nH]ncc34)C[C@@H]2C1. The summed E-state index contributed by atoms with van der Waals surface area (Å²) in [5, 5.41) is 19.6. The number of sulfonamides is 1. The lowest BCUT2D eigenvalue weighted by Gasteiger charge is -2.26. The molecule has 0 spiro atoms. The van der Waals surface area contributed by atoms with Gasteiger partial charge in [0.05, 0.1) is 23.6 Å². The van der Waals surface area contributed by atoms with Crippen molar-refractivity contribution in [3.8, 4) is 0 Å². The molecule has 0 amide bonds. The predicted molar refractivity (Wildman–Crippen MR) is 87.6 cm³/mol. The molecule has 4 rings (SSSR count). The summed E-state index contributed by atoms with van der Waals surface area (Å²) in [6, 6.07) is 3.59. The number of benzene rings is 1. The second kappa shape index (κ2) is 4.92. The maximum absolute atomic E-state index is 11.7. The third-order valence-corrected chi connectivity index (χ3v) is 6.69. The first kappa shape index (κ1) is 15.4. The lowest BCUT2D eigenvalue weighted by molar-refractivity contribution is 0.0354. The summed E-state index contributed by atoms with van der Waals surface area (Å²) < 4.78 is 24.9. The minimum absolute atomic E-state index is 0.177. The summed E-state index contributed by atoms with van der Waals surface area (Å²) in [5.41, 5.74) is 0.608. The van der Waals surface area contributed by atoms with E-state index in [0.717, 1.165) is 16.5 Å². The lowest BCUT2D eigenvalue weighted by Crippen LogP contribution is -2.31. The molecule has 2 aromatic rings. The highest BCUT2D eigenvalue weighted by atomic mass is 35.5. The molecule has 8 heteroatoms. The number of H-pyrrole nitrogens is 1. The maximum Gasteiger partial charge on any atom is 0.211 e. The fourth-order valence-corrected chi connectivity index (χ4v) is 5.34. The van der Waals surface area contributed by atoms with Gasteiger partial charge in [0.1, 0.15) is 0 Å². The van der Waals surface area contributed by atoms with E-state index in [1.54, 1.807) is 18.3 Å². The van der Waals surface area contributed by atoms with Crippen molar-refractivity contribution in [2.45, 2.75) is 18.4 Å². The van der Waals surface area contributed by atoms with Crippen LogP contribution in [0, 0.1) is 11.8 Å². The average molecular weight is 356 g/mol. The van der Waals surface area contributed by atoms with Gasteiger partial charge < -0.3 is 5.11 Å². The zero-order valence-electron chi connectivity index (χ0n) is 12.7. The highest BCUT2D eigenvalue weighted by molar-refractivity contribution is 7.88. The normalized spacial score (nSPS) is 31.8. The maximum atomic E-state index is 11.7. The van der Waals surface area contributed by atoms with Crippen LogP contribution in [0.4, 0.5) is 0 Å². The zero-order chi connectivity index (χ0) is 16.4. The van der Waals surface area contributed by atoms with Gasteiger partial charge in [0, 0.05) is 23.5 Å². The van der Waals surface area contributed by atoms with Crippen LogP contribution in [0.15, 0.2) is 18.3 Å². The zero-order valence-corrected chi connectivity index (χ0v) is 14.2. The van der Waals surface area contributed by atoms with Crippen LogP contribution in [0.3, 0.4) is 0 Å². The van der Waals surface area contributed by atoms with Crippen LogP contribution in [-0.4, -0.2) is 47.4 Å². The molecule has 1 aliphatic heterocycles. The second-order valence-corrected chi connectivity index (χ2v) is 9.24. The van der Waals surface area contributed by atoms with Gasteiger partial charge in [0.25, 0.3) is 0 Å². The summed E-state index contributed by atoms with van der Waals surface area (Å²) in [4.78, 5) is 0. The van der Waals surface area contributed by atoms with E-state index in [-0.39, 0.29) is 11.8 Å². The number of nitrogens with one attached hydrogen (secondary N) is 1. The van der Waals surface area contributed by atoms with Crippen LogP contribution in [0.25, 0.3) is 10.9 Å². The number of hydrogen-bond acceptors (Lipinski definition) is 4. The summed E-state index contributed by atoms with van der Waals surface area (Å²) >= 11 is 6.18. The molecule has 1 aliphatic carbocycles. The molecular formula is C15H18ClN3O3S. The molecule has 0 radical (unpaired) electrons. The number of rotatable bonds is 2. The molecule has 2 N–H and O–H groups in total. The van der Waals surface area contributed by atoms with Gasteiger partial charge in [-0.2, -0.15) is 5.10 Å². The Bertz CT molecular complexity index is 865. The van der Waals surface area contributed by atoms with Gasteiger partial charge in [-0.15, -0.1) is 0 Å². The van der Waals surface area contributed by atoms with Crippen molar-refractivity contribution in [1.82, 2.24) is 14.5 Å². The molecule has 1 aromatic carbocycles. The smallest absolute Gasteiger partial charge is 0.211 e. The quantitative estimate of drug-likeness (QED) is 0.858. The number of halogens is 1. The molecule has 2 fully saturated rings. The van der Waals surface area contributed by atoms with Crippen LogP contribution in [-0.2, 0) is 15.6 Å². The third-order valence-electron chi connectivity index (χ3n) is 5.24. The van der Waals surface area contributed by atoms with E-state index in [0.29, 0.717) is 31.0 Å². The minimum Gasteiger partial charge on any atom is -0.385 e. The van der Waals surface area contributed by atoms with Gasteiger partial charge >= 0.3 is 0 Å². The predicted octanol–water partition coefficient (Wildman–Crippen LogP) is 1.71. The molecule has 2 aliphatic rings. The number of fused-ring (bicyclic) bond motifs is 2. The fraction of sp³-hybridized carbons (Fsp3) is 0.533. The van der Waals surface area contributed by atoms with Crippen molar-refractivity contribution in [1.29, 1.82) is 0 Å². The standard InChI is InChI=1S/C15H18ClN3O3S/c1-23(21,22)19-7-9-4-15(20,5-10(9)8-19)13-2-11(16)3-14-12(13)6-17-18-14/h2-3,6,9-10,20H,4-5,7-8H2,1H3,(H,17,18)/t9-,10+,15+. The number of hydrogen-bond donors (Lipinski definition) is 2. The fourth-order valence-electron chi connectivity index (χ4n) is 4.20. The van der Waals surface area contributed by atoms with Crippen LogP contribution >= 0.6 is 11.6 Å². The number of nitrogens with zero attached hydrogens (tertiary/aromatic N) is 2. The molecule has 6 nitrogen and oxygen atoms in total. The van der Waals surface area contributed by atoms with E-state index < -0.39 is 15.6 Å². The van der Waals surface area contributed by atoms with Crippen molar-refractivity contribution in [2.24, 2.45) is 11.8 Å². The van der Waals surface area contributed by atoms with Gasteiger partial charge in [0.2, 0.25) is 10.0 Å². The van der Waals surface area contributed by atoms with Crippen molar-refractivity contribution >= 4 is 32.5 Å². The molecule has 2 heterocycles.